The van der Waals surface area contributed by atoms with Gasteiger partial charge in [0, 0.05) is 17.1 Å². The molecule has 1 heterocycles. The first-order valence-electron chi connectivity index (χ1n) is 6.58. The maximum atomic E-state index is 14.0. The van der Waals surface area contributed by atoms with E-state index in [4.69, 9.17) is 0 Å². The number of benzene rings is 1. The topological polar surface area (TPSA) is 17.0 Å². The number of fused-ring (bicyclic) bond motifs is 1. The molecule has 0 amide bonds. The van der Waals surface area contributed by atoms with Gasteiger partial charge < -0.3 is 9.88 Å². The van der Waals surface area contributed by atoms with Gasteiger partial charge in [-0.3, -0.25) is 0 Å². The Balaban J connectivity index is 2.45. The standard InChI is InChI=1S/C15H21FN2/c1-11(2)18-13(7-5-9-17-3)10-12-6-4-8-14(16)15(12)18/h4,6,8,10-11,17H,5,7,9H2,1-3H3. The second kappa shape index (κ2) is 5.53. The van der Waals surface area contributed by atoms with Crippen LogP contribution in [0.4, 0.5) is 4.39 Å². The quantitative estimate of drug-likeness (QED) is 0.801. The van der Waals surface area contributed by atoms with Crippen LogP contribution >= 0.6 is 0 Å². The summed E-state index contributed by atoms with van der Waals surface area (Å²) in [6.07, 6.45) is 2.05. The molecule has 0 fully saturated rings. The normalized spacial score (nSPS) is 11.6. The van der Waals surface area contributed by atoms with Crippen LogP contribution in [0.1, 0.15) is 32.0 Å². The van der Waals surface area contributed by atoms with Crippen LogP contribution in [-0.4, -0.2) is 18.2 Å². The third kappa shape index (κ3) is 2.41. The second-order valence-corrected chi connectivity index (χ2v) is 4.98. The van der Waals surface area contributed by atoms with Crippen LogP contribution in [-0.2, 0) is 6.42 Å². The van der Waals surface area contributed by atoms with E-state index >= 15 is 0 Å². The van der Waals surface area contributed by atoms with Crippen molar-refractivity contribution >= 4 is 10.9 Å². The van der Waals surface area contributed by atoms with Crippen molar-refractivity contribution in [2.45, 2.75) is 32.7 Å². The molecule has 0 aliphatic heterocycles. The number of rotatable bonds is 5. The maximum Gasteiger partial charge on any atom is 0.147 e. The van der Waals surface area contributed by atoms with Crippen molar-refractivity contribution in [3.8, 4) is 0 Å². The molecule has 1 aromatic heterocycles. The molecule has 1 aromatic carbocycles. The van der Waals surface area contributed by atoms with Gasteiger partial charge in [-0.25, -0.2) is 4.39 Å². The fourth-order valence-corrected chi connectivity index (χ4v) is 2.52. The van der Waals surface area contributed by atoms with Crippen LogP contribution < -0.4 is 5.32 Å². The number of nitrogens with one attached hydrogen (secondary N) is 1. The summed E-state index contributed by atoms with van der Waals surface area (Å²) in [5.41, 5.74) is 1.97. The van der Waals surface area contributed by atoms with Crippen LogP contribution in [0.2, 0.25) is 0 Å². The van der Waals surface area contributed by atoms with Crippen molar-refractivity contribution in [2.24, 2.45) is 0 Å². The summed E-state index contributed by atoms with van der Waals surface area (Å²) in [5.74, 6) is -0.124. The van der Waals surface area contributed by atoms with E-state index in [0.717, 1.165) is 30.3 Å². The lowest BCUT2D eigenvalue weighted by Gasteiger charge is -2.15. The lowest BCUT2D eigenvalue weighted by molar-refractivity contribution is 0.563. The molecule has 0 radical (unpaired) electrons. The predicted octanol–water partition coefficient (Wildman–Crippen LogP) is 3.51. The summed E-state index contributed by atoms with van der Waals surface area (Å²) in [7, 11) is 1.96. The summed E-state index contributed by atoms with van der Waals surface area (Å²) in [6, 6.07) is 7.70. The summed E-state index contributed by atoms with van der Waals surface area (Å²) in [5, 5.41) is 4.15. The molecule has 0 bridgehead atoms. The first kappa shape index (κ1) is 13.1. The van der Waals surface area contributed by atoms with E-state index in [1.165, 1.54) is 5.69 Å². The number of nitrogens with zero attached hydrogens (tertiary/aromatic N) is 1. The average molecular weight is 248 g/mol. The van der Waals surface area contributed by atoms with Gasteiger partial charge in [-0.05, 0) is 52.4 Å². The number of para-hydroxylation sites is 1. The van der Waals surface area contributed by atoms with Gasteiger partial charge in [0.2, 0.25) is 0 Å². The van der Waals surface area contributed by atoms with Crippen molar-refractivity contribution in [1.29, 1.82) is 0 Å². The van der Waals surface area contributed by atoms with Crippen molar-refractivity contribution in [1.82, 2.24) is 9.88 Å². The summed E-state index contributed by atoms with van der Waals surface area (Å²) >= 11 is 0. The van der Waals surface area contributed by atoms with Gasteiger partial charge in [0.15, 0.2) is 0 Å². The highest BCUT2D eigenvalue weighted by Gasteiger charge is 2.14. The van der Waals surface area contributed by atoms with Crippen LogP contribution in [0.5, 0.6) is 0 Å². The minimum absolute atomic E-state index is 0.124. The van der Waals surface area contributed by atoms with Crippen LogP contribution in [0.15, 0.2) is 24.3 Å². The van der Waals surface area contributed by atoms with E-state index in [0.29, 0.717) is 0 Å². The highest BCUT2D eigenvalue weighted by molar-refractivity contribution is 5.82. The van der Waals surface area contributed by atoms with Crippen molar-refractivity contribution in [2.75, 3.05) is 13.6 Å². The molecule has 2 aromatic rings. The third-order valence-electron chi connectivity index (χ3n) is 3.27. The Morgan fingerprint density at radius 1 is 1.33 bits per heavy atom. The van der Waals surface area contributed by atoms with E-state index in [1.807, 2.05) is 13.1 Å². The molecule has 0 saturated heterocycles. The SMILES string of the molecule is CNCCCc1cc2cccc(F)c2n1C(C)C. The van der Waals surface area contributed by atoms with Crippen LogP contribution in [0.25, 0.3) is 10.9 Å². The Morgan fingerprint density at radius 2 is 2.11 bits per heavy atom. The molecule has 0 atom stereocenters. The molecule has 0 unspecified atom stereocenters. The summed E-state index contributed by atoms with van der Waals surface area (Å²) in [6.45, 7) is 5.20. The van der Waals surface area contributed by atoms with Gasteiger partial charge in [0.05, 0.1) is 5.52 Å². The number of aromatic nitrogens is 1. The number of hydrogen-bond donors (Lipinski definition) is 1. The first-order chi connectivity index (χ1) is 8.65. The Kier molecular flexibility index (Phi) is 4.02. The largest absolute Gasteiger partial charge is 0.340 e. The van der Waals surface area contributed by atoms with E-state index in [-0.39, 0.29) is 11.9 Å². The van der Waals surface area contributed by atoms with Gasteiger partial charge >= 0.3 is 0 Å². The molecular formula is C15H21FN2. The maximum absolute atomic E-state index is 14.0. The number of hydrogen-bond acceptors (Lipinski definition) is 1. The fourth-order valence-electron chi connectivity index (χ4n) is 2.52. The summed E-state index contributed by atoms with van der Waals surface area (Å²) < 4.78 is 16.1. The predicted molar refractivity (Wildman–Crippen MR) is 74.5 cm³/mol. The Hall–Kier alpha value is -1.35. The van der Waals surface area contributed by atoms with E-state index in [1.54, 1.807) is 12.1 Å². The Labute approximate surface area is 108 Å². The molecule has 0 aliphatic rings. The van der Waals surface area contributed by atoms with Crippen molar-refractivity contribution in [3.05, 3.63) is 35.8 Å². The molecule has 0 spiro atoms. The van der Waals surface area contributed by atoms with Gasteiger partial charge in [-0.1, -0.05) is 12.1 Å². The summed E-state index contributed by atoms with van der Waals surface area (Å²) in [4.78, 5) is 0. The highest BCUT2D eigenvalue weighted by atomic mass is 19.1. The van der Waals surface area contributed by atoms with E-state index in [9.17, 15) is 4.39 Å². The Morgan fingerprint density at radius 3 is 2.78 bits per heavy atom. The molecule has 1 N–H and O–H groups in total. The van der Waals surface area contributed by atoms with Gasteiger partial charge in [0.25, 0.3) is 0 Å². The first-order valence-corrected chi connectivity index (χ1v) is 6.58. The molecule has 18 heavy (non-hydrogen) atoms. The van der Waals surface area contributed by atoms with Crippen molar-refractivity contribution < 1.29 is 4.39 Å². The molecule has 98 valence electrons. The average Bonchev–Trinajstić information content (AvgIpc) is 2.69. The van der Waals surface area contributed by atoms with Crippen LogP contribution in [0, 0.1) is 5.82 Å². The zero-order chi connectivity index (χ0) is 13.1. The number of aryl methyl sites for hydroxylation is 1. The van der Waals surface area contributed by atoms with Crippen molar-refractivity contribution in [3.63, 3.8) is 0 Å². The smallest absolute Gasteiger partial charge is 0.147 e. The zero-order valence-electron chi connectivity index (χ0n) is 11.3. The fraction of sp³-hybridized carbons (Fsp3) is 0.467. The molecule has 3 heteroatoms. The molecule has 0 aliphatic carbocycles. The lowest BCUT2D eigenvalue weighted by Crippen LogP contribution is -2.11. The third-order valence-corrected chi connectivity index (χ3v) is 3.27. The van der Waals surface area contributed by atoms with Gasteiger partial charge in [-0.15, -0.1) is 0 Å². The van der Waals surface area contributed by atoms with Crippen LogP contribution in [0.3, 0.4) is 0 Å². The number of halogens is 1. The molecule has 2 rings (SSSR count). The zero-order valence-corrected chi connectivity index (χ0v) is 11.3. The molecule has 2 nitrogen and oxygen atoms in total. The van der Waals surface area contributed by atoms with E-state index in [2.05, 4.69) is 29.8 Å². The van der Waals surface area contributed by atoms with E-state index < -0.39 is 0 Å². The van der Waals surface area contributed by atoms with Gasteiger partial charge in [-0.2, -0.15) is 0 Å². The monoisotopic (exact) mass is 248 g/mol. The Bertz CT molecular complexity index is 529. The highest BCUT2D eigenvalue weighted by Crippen LogP contribution is 2.27. The molecular weight excluding hydrogens is 227 g/mol. The van der Waals surface area contributed by atoms with Gasteiger partial charge in [0.1, 0.15) is 5.82 Å². The second-order valence-electron chi connectivity index (χ2n) is 4.98. The molecule has 0 saturated carbocycles. The minimum atomic E-state index is -0.124. The minimum Gasteiger partial charge on any atom is -0.340 e. The lowest BCUT2D eigenvalue weighted by atomic mass is 10.2.